The zero-order valence-electron chi connectivity index (χ0n) is 8.32. The van der Waals surface area contributed by atoms with Crippen LogP contribution in [0.2, 0.25) is 0 Å². The smallest absolute Gasteiger partial charge is 0.240 e. The molecule has 0 saturated heterocycles. The van der Waals surface area contributed by atoms with E-state index in [1.54, 1.807) is 11.3 Å². The molecule has 0 atom stereocenters. The molecule has 1 aliphatic rings. The fraction of sp³-hybridized carbons (Fsp3) is 0.455. The van der Waals surface area contributed by atoms with Gasteiger partial charge in [-0.25, -0.2) is 0 Å². The molecule has 1 amide bonds. The largest absolute Gasteiger partial charge is 0.354 e. The van der Waals surface area contributed by atoms with E-state index in [0.717, 1.165) is 6.42 Å². The summed E-state index contributed by atoms with van der Waals surface area (Å²) in [5.74, 6) is -0.0958. The van der Waals surface area contributed by atoms with Crippen LogP contribution in [-0.2, 0) is 11.2 Å². The van der Waals surface area contributed by atoms with Gasteiger partial charge in [-0.15, -0.1) is 11.3 Å². The molecule has 1 fully saturated rings. The van der Waals surface area contributed by atoms with Gasteiger partial charge in [0.15, 0.2) is 0 Å². The molecule has 15 heavy (non-hydrogen) atoms. The lowest BCUT2D eigenvalue weighted by Gasteiger charge is -2.06. The molecule has 0 spiro atoms. The Bertz CT molecular complexity index is 387. The third-order valence-electron chi connectivity index (χ3n) is 2.64. The quantitative estimate of drug-likeness (QED) is 0.839. The zero-order valence-corrected chi connectivity index (χ0v) is 9.14. The Balaban J connectivity index is 1.75. The lowest BCUT2D eigenvalue weighted by Crippen LogP contribution is -2.32. The summed E-state index contributed by atoms with van der Waals surface area (Å²) < 4.78 is 0. The highest BCUT2D eigenvalue weighted by atomic mass is 32.1. The second-order valence-electron chi connectivity index (χ2n) is 3.78. The number of rotatable bonds is 4. The number of thiophene rings is 1. The lowest BCUT2D eigenvalue weighted by molar-refractivity contribution is -0.124. The van der Waals surface area contributed by atoms with Crippen LogP contribution in [0.5, 0.6) is 0 Å². The molecule has 1 N–H and O–H groups in total. The summed E-state index contributed by atoms with van der Waals surface area (Å²) in [6.07, 6.45) is 2.29. The van der Waals surface area contributed by atoms with Gasteiger partial charge in [0.05, 0.1) is 6.07 Å². The summed E-state index contributed by atoms with van der Waals surface area (Å²) in [6, 6.07) is 6.14. The number of nitriles is 1. The third kappa shape index (κ3) is 2.18. The van der Waals surface area contributed by atoms with Gasteiger partial charge in [-0.1, -0.05) is 6.07 Å². The van der Waals surface area contributed by atoms with Crippen molar-refractivity contribution in [3.8, 4) is 6.07 Å². The number of amides is 1. The molecular weight excluding hydrogens is 208 g/mol. The Morgan fingerprint density at radius 2 is 2.47 bits per heavy atom. The molecule has 78 valence electrons. The Hall–Kier alpha value is -1.34. The maximum absolute atomic E-state index is 11.6. The van der Waals surface area contributed by atoms with E-state index in [4.69, 9.17) is 5.26 Å². The molecule has 1 aliphatic carbocycles. The van der Waals surface area contributed by atoms with E-state index in [1.807, 2.05) is 17.5 Å². The summed E-state index contributed by atoms with van der Waals surface area (Å²) in [5.41, 5.74) is -0.685. The van der Waals surface area contributed by atoms with Crippen molar-refractivity contribution in [1.29, 1.82) is 5.26 Å². The van der Waals surface area contributed by atoms with Crippen LogP contribution in [0.25, 0.3) is 0 Å². The van der Waals surface area contributed by atoms with Gasteiger partial charge in [0.1, 0.15) is 5.41 Å². The van der Waals surface area contributed by atoms with Gasteiger partial charge >= 0.3 is 0 Å². The van der Waals surface area contributed by atoms with Crippen molar-refractivity contribution in [2.75, 3.05) is 6.54 Å². The van der Waals surface area contributed by atoms with E-state index < -0.39 is 5.41 Å². The summed E-state index contributed by atoms with van der Waals surface area (Å²) in [7, 11) is 0. The van der Waals surface area contributed by atoms with Crippen molar-refractivity contribution in [2.24, 2.45) is 5.41 Å². The van der Waals surface area contributed by atoms with Gasteiger partial charge in [0.25, 0.3) is 0 Å². The van der Waals surface area contributed by atoms with E-state index in [0.29, 0.717) is 19.4 Å². The fourth-order valence-corrected chi connectivity index (χ4v) is 2.15. The van der Waals surface area contributed by atoms with Crippen LogP contribution in [0.15, 0.2) is 17.5 Å². The maximum atomic E-state index is 11.6. The van der Waals surface area contributed by atoms with Gasteiger partial charge in [-0.05, 0) is 30.7 Å². The molecule has 0 unspecified atom stereocenters. The normalized spacial score (nSPS) is 16.7. The molecule has 4 heteroatoms. The molecule has 0 bridgehead atoms. The number of nitrogens with one attached hydrogen (secondary N) is 1. The topological polar surface area (TPSA) is 52.9 Å². The van der Waals surface area contributed by atoms with Crippen LogP contribution in [0.1, 0.15) is 17.7 Å². The molecule has 1 saturated carbocycles. The van der Waals surface area contributed by atoms with Crippen molar-refractivity contribution in [3.63, 3.8) is 0 Å². The molecule has 3 nitrogen and oxygen atoms in total. The molecule has 1 aromatic heterocycles. The number of hydrogen-bond donors (Lipinski definition) is 1. The van der Waals surface area contributed by atoms with Crippen LogP contribution >= 0.6 is 11.3 Å². The molecule has 0 radical (unpaired) electrons. The zero-order chi connectivity index (χ0) is 10.7. The Morgan fingerprint density at radius 1 is 1.67 bits per heavy atom. The summed E-state index contributed by atoms with van der Waals surface area (Å²) in [5, 5.41) is 13.6. The monoisotopic (exact) mass is 220 g/mol. The summed E-state index contributed by atoms with van der Waals surface area (Å²) >= 11 is 1.69. The first kappa shape index (κ1) is 10.2. The van der Waals surface area contributed by atoms with Gasteiger partial charge in [-0.3, -0.25) is 4.79 Å². The molecule has 2 rings (SSSR count). The van der Waals surface area contributed by atoms with Crippen LogP contribution in [-0.4, -0.2) is 12.5 Å². The lowest BCUT2D eigenvalue weighted by atomic mass is 10.1. The Kier molecular flexibility index (Phi) is 2.74. The number of carbonyl (C=O) groups is 1. The minimum absolute atomic E-state index is 0.0958. The van der Waals surface area contributed by atoms with Crippen LogP contribution in [0, 0.1) is 16.7 Å². The Labute approximate surface area is 92.7 Å². The summed E-state index contributed by atoms with van der Waals surface area (Å²) in [4.78, 5) is 12.8. The van der Waals surface area contributed by atoms with Crippen molar-refractivity contribution in [1.82, 2.24) is 5.32 Å². The molecule has 0 aromatic carbocycles. The van der Waals surface area contributed by atoms with E-state index in [9.17, 15) is 4.79 Å². The first-order valence-corrected chi connectivity index (χ1v) is 5.87. The first-order valence-electron chi connectivity index (χ1n) is 4.99. The average Bonchev–Trinajstić information content (AvgIpc) is 2.90. The summed E-state index contributed by atoms with van der Waals surface area (Å²) in [6.45, 7) is 0.628. The van der Waals surface area contributed by atoms with Gasteiger partial charge in [0, 0.05) is 11.4 Å². The Morgan fingerprint density at radius 3 is 3.00 bits per heavy atom. The standard InChI is InChI=1S/C11H12N2OS/c12-8-11(4-5-11)10(14)13-6-3-9-2-1-7-15-9/h1-2,7H,3-6H2,(H,13,14). The van der Waals surface area contributed by atoms with Crippen molar-refractivity contribution in [2.45, 2.75) is 19.3 Å². The molecule has 1 aromatic rings. The van der Waals surface area contributed by atoms with E-state index in [-0.39, 0.29) is 5.91 Å². The number of hydrogen-bond acceptors (Lipinski definition) is 3. The molecule has 0 aliphatic heterocycles. The second kappa shape index (κ2) is 4.03. The predicted octanol–water partition coefficient (Wildman–Crippen LogP) is 1.71. The average molecular weight is 220 g/mol. The van der Waals surface area contributed by atoms with Gasteiger partial charge < -0.3 is 5.32 Å². The fourth-order valence-electron chi connectivity index (χ4n) is 1.44. The van der Waals surface area contributed by atoms with Crippen LogP contribution in [0.3, 0.4) is 0 Å². The second-order valence-corrected chi connectivity index (χ2v) is 4.81. The van der Waals surface area contributed by atoms with E-state index in [2.05, 4.69) is 11.4 Å². The minimum Gasteiger partial charge on any atom is -0.354 e. The highest BCUT2D eigenvalue weighted by molar-refractivity contribution is 7.09. The van der Waals surface area contributed by atoms with Crippen molar-refractivity contribution >= 4 is 17.2 Å². The first-order chi connectivity index (χ1) is 7.27. The SMILES string of the molecule is N#CC1(C(=O)NCCc2cccs2)CC1. The van der Waals surface area contributed by atoms with Crippen LogP contribution < -0.4 is 5.32 Å². The number of carbonyl (C=O) groups excluding carboxylic acids is 1. The highest BCUT2D eigenvalue weighted by Crippen LogP contribution is 2.44. The van der Waals surface area contributed by atoms with E-state index in [1.165, 1.54) is 4.88 Å². The predicted molar refractivity (Wildman–Crippen MR) is 58.3 cm³/mol. The van der Waals surface area contributed by atoms with Crippen molar-refractivity contribution in [3.05, 3.63) is 22.4 Å². The van der Waals surface area contributed by atoms with E-state index >= 15 is 0 Å². The number of nitrogens with zero attached hydrogens (tertiary/aromatic N) is 1. The molecule has 1 heterocycles. The van der Waals surface area contributed by atoms with Crippen LogP contribution in [0.4, 0.5) is 0 Å². The molecular formula is C11H12N2OS. The van der Waals surface area contributed by atoms with Gasteiger partial charge in [-0.2, -0.15) is 5.26 Å². The highest BCUT2D eigenvalue weighted by Gasteiger charge is 2.50. The van der Waals surface area contributed by atoms with Gasteiger partial charge in [0.2, 0.25) is 5.91 Å². The minimum atomic E-state index is -0.685. The van der Waals surface area contributed by atoms with Crippen molar-refractivity contribution < 1.29 is 4.79 Å². The third-order valence-corrected chi connectivity index (χ3v) is 3.57. The maximum Gasteiger partial charge on any atom is 0.240 e.